The van der Waals surface area contributed by atoms with E-state index in [1.54, 1.807) is 6.92 Å². The lowest BCUT2D eigenvalue weighted by Gasteiger charge is -2.43. The van der Waals surface area contributed by atoms with Crippen LogP contribution in [0.25, 0.3) is 0 Å². The first kappa shape index (κ1) is 39.5. The van der Waals surface area contributed by atoms with Gasteiger partial charge in [0.2, 0.25) is 5.78 Å². The number of phenolic OH excluding ortho intramolecular Hbond substituents is 2. The van der Waals surface area contributed by atoms with Crippen molar-refractivity contribution in [3.63, 3.8) is 0 Å². The molecule has 0 saturated carbocycles. The minimum atomic E-state index is -2.71. The maximum atomic E-state index is 14.1. The molecule has 3 aliphatic rings. The predicted octanol–water partition coefficient (Wildman–Crippen LogP) is 3.54. The molecule has 6 N–H and O–H groups in total. The first-order valence-electron chi connectivity index (χ1n) is 19.0. The van der Waals surface area contributed by atoms with Crippen LogP contribution in [0.5, 0.6) is 17.2 Å². The number of hydrogen-bond donors (Lipinski definition) is 6. The molecule has 8 rings (SSSR count). The molecule has 298 valence electrons. The molecule has 13 heteroatoms. The summed E-state index contributed by atoms with van der Waals surface area (Å²) in [5.41, 5.74) is -3.71. The van der Waals surface area contributed by atoms with Gasteiger partial charge in [-0.3, -0.25) is 14.4 Å². The van der Waals surface area contributed by atoms with Gasteiger partial charge in [-0.15, -0.1) is 0 Å². The van der Waals surface area contributed by atoms with E-state index in [4.69, 9.17) is 14.2 Å². The number of fused-ring (bicyclic) bond motifs is 3. The largest absolute Gasteiger partial charge is 0.507 e. The van der Waals surface area contributed by atoms with Gasteiger partial charge in [-0.05, 0) is 49.4 Å². The topological polar surface area (TPSA) is 192 Å². The Bertz CT molecular complexity index is 2300. The molecule has 2 aliphatic carbocycles. The molecule has 1 heterocycles. The quantitative estimate of drug-likeness (QED) is 0.0874. The van der Waals surface area contributed by atoms with Crippen molar-refractivity contribution in [1.82, 2.24) is 5.09 Å². The molecule has 0 bridgehead atoms. The second-order valence-electron chi connectivity index (χ2n) is 14.9. The number of hydrogen-bond acceptors (Lipinski definition) is 12. The van der Waals surface area contributed by atoms with Gasteiger partial charge in [0.1, 0.15) is 45.4 Å². The smallest absolute Gasteiger partial charge is 0.202 e. The lowest BCUT2D eigenvalue weighted by Crippen LogP contribution is -2.57. The second kappa shape index (κ2) is 15.5. The number of aliphatic hydroxyl groups is 3. The lowest BCUT2D eigenvalue weighted by atomic mass is 9.72. The third kappa shape index (κ3) is 6.42. The van der Waals surface area contributed by atoms with Crippen molar-refractivity contribution < 1.29 is 54.1 Å². The molecule has 12 nitrogen and oxygen atoms in total. The van der Waals surface area contributed by atoms with Crippen LogP contribution in [0.4, 0.5) is 0 Å². The van der Waals surface area contributed by atoms with Crippen molar-refractivity contribution >= 4 is 40.7 Å². The Hall–Kier alpha value is -5.30. The van der Waals surface area contributed by atoms with Crippen molar-refractivity contribution in [3.8, 4) is 17.2 Å². The number of rotatable bonds is 10. The number of aromatic hydroxyl groups is 2. The van der Waals surface area contributed by atoms with Gasteiger partial charge < -0.3 is 39.7 Å². The number of Topliss-reactive ketones (excluding diaryl/α,β-unsaturated/α-hetero) is 1. The molecule has 1 fully saturated rings. The molecule has 5 aromatic carbocycles. The number of ether oxygens (including phenoxy) is 3. The average molecular weight is 805 g/mol. The summed E-state index contributed by atoms with van der Waals surface area (Å²) in [4.78, 5) is 41.2. The van der Waals surface area contributed by atoms with E-state index in [1.165, 1.54) is 25.3 Å². The number of aliphatic hydroxyl groups excluding tert-OH is 2. The number of ketones is 3. The summed E-state index contributed by atoms with van der Waals surface area (Å²) in [7, 11) is -1.37. The predicted molar refractivity (Wildman–Crippen MR) is 216 cm³/mol. The SMILES string of the molecule is COc1cccc2c1C(=O)c1c(O)c3c(c(O)c1C2=O)C[C@@](O)(C(=O)CO)C[C@@H]3OC1CC(N[P+](c2ccccc2)(c2ccccc2)c2ccccc2)C(O)C(C)O1. The number of carbonyl (C=O) groups excluding carboxylic acids is 3. The second-order valence-corrected chi connectivity index (χ2v) is 18.1. The van der Waals surface area contributed by atoms with E-state index in [-0.39, 0.29) is 34.4 Å². The standard InChI is InChI=1S/C45H42NO11P/c1-25-40(49)31(46-58(26-13-6-3-7-14-26,27-15-8-4-9-16-27)28-17-10-5-11-18-28)21-35(56-25)57-33-23-45(54,34(48)24-47)22-30-37(33)44(53)39-38(42(30)51)41(50)29-19-12-20-32(55-2)36(29)43(39)52/h3-20,25,31,33,35,40,46-47,49,54H,21-24H2,1-2H3,(H-,50,51,52,53)/p+1/t25?,31?,33-,35?,40?,45-/m0/s1. The highest BCUT2D eigenvalue weighted by molar-refractivity contribution is 7.94. The third-order valence-corrected chi connectivity index (χ3v) is 15.5. The Morgan fingerprint density at radius 3 is 1.95 bits per heavy atom. The van der Waals surface area contributed by atoms with E-state index in [0.29, 0.717) is 0 Å². The molecule has 6 atom stereocenters. The van der Waals surface area contributed by atoms with Gasteiger partial charge in [0.25, 0.3) is 0 Å². The van der Waals surface area contributed by atoms with Crippen LogP contribution in [-0.4, -0.2) is 86.7 Å². The van der Waals surface area contributed by atoms with Crippen LogP contribution in [0.15, 0.2) is 109 Å². The van der Waals surface area contributed by atoms with Crippen LogP contribution < -0.4 is 25.7 Å². The van der Waals surface area contributed by atoms with Gasteiger partial charge >= 0.3 is 0 Å². The molecular formula is C45H43NO11P+. The number of methoxy groups -OCH3 is 1. The van der Waals surface area contributed by atoms with Crippen LogP contribution in [-0.2, 0) is 20.7 Å². The van der Waals surface area contributed by atoms with E-state index in [2.05, 4.69) is 41.5 Å². The van der Waals surface area contributed by atoms with E-state index in [1.807, 2.05) is 54.6 Å². The van der Waals surface area contributed by atoms with Gasteiger partial charge in [-0.2, -0.15) is 5.09 Å². The Balaban J connectivity index is 1.22. The number of phenols is 2. The zero-order valence-electron chi connectivity index (χ0n) is 31.7. The highest BCUT2D eigenvalue weighted by Crippen LogP contribution is 2.55. The molecule has 0 aromatic heterocycles. The molecule has 5 aromatic rings. The van der Waals surface area contributed by atoms with E-state index < -0.39 is 103 Å². The fourth-order valence-electron chi connectivity index (χ4n) is 8.72. The molecule has 58 heavy (non-hydrogen) atoms. The minimum Gasteiger partial charge on any atom is -0.507 e. The van der Waals surface area contributed by atoms with Gasteiger partial charge in [0, 0.05) is 36.0 Å². The fourth-order valence-corrected chi connectivity index (χ4v) is 12.7. The molecule has 4 unspecified atom stereocenters. The van der Waals surface area contributed by atoms with Crippen LogP contribution >= 0.6 is 7.41 Å². The molecule has 1 saturated heterocycles. The van der Waals surface area contributed by atoms with Crippen molar-refractivity contribution in [2.75, 3.05) is 13.7 Å². The highest BCUT2D eigenvalue weighted by atomic mass is 31.2. The van der Waals surface area contributed by atoms with Crippen LogP contribution in [0.2, 0.25) is 0 Å². The van der Waals surface area contributed by atoms with Crippen LogP contribution in [0.1, 0.15) is 68.8 Å². The average Bonchev–Trinajstić information content (AvgIpc) is 3.24. The maximum absolute atomic E-state index is 14.1. The fraction of sp³-hybridized carbons (Fsp3) is 0.267. The molecule has 0 radical (unpaired) electrons. The van der Waals surface area contributed by atoms with Crippen LogP contribution in [0.3, 0.4) is 0 Å². The minimum absolute atomic E-state index is 0.0393. The first-order valence-corrected chi connectivity index (χ1v) is 20.8. The first-order chi connectivity index (χ1) is 27.9. The number of carbonyl (C=O) groups is 3. The van der Waals surface area contributed by atoms with Crippen molar-refractivity contribution in [3.05, 3.63) is 143 Å². The Morgan fingerprint density at radius 1 is 0.828 bits per heavy atom. The van der Waals surface area contributed by atoms with E-state index >= 15 is 0 Å². The Labute approximate surface area is 335 Å². The summed E-state index contributed by atoms with van der Waals surface area (Å²) in [6, 6.07) is 33.7. The number of benzene rings is 5. The van der Waals surface area contributed by atoms with Crippen molar-refractivity contribution in [2.24, 2.45) is 0 Å². The lowest BCUT2D eigenvalue weighted by molar-refractivity contribution is -0.248. The normalized spacial score (nSPS) is 24.1. The summed E-state index contributed by atoms with van der Waals surface area (Å²) in [5, 5.41) is 64.3. The van der Waals surface area contributed by atoms with Gasteiger partial charge in [-0.1, -0.05) is 66.7 Å². The summed E-state index contributed by atoms with van der Waals surface area (Å²) in [5.74, 6) is -3.80. The Kier molecular flexibility index (Phi) is 10.5. The van der Waals surface area contributed by atoms with Gasteiger partial charge in [0.15, 0.2) is 25.3 Å². The molecule has 0 spiro atoms. The van der Waals surface area contributed by atoms with Gasteiger partial charge in [0.05, 0.1) is 48.2 Å². The van der Waals surface area contributed by atoms with E-state index in [0.717, 1.165) is 15.9 Å². The summed E-state index contributed by atoms with van der Waals surface area (Å²) >= 11 is 0. The summed E-state index contributed by atoms with van der Waals surface area (Å²) in [6.45, 7) is 0.651. The number of nitrogens with one attached hydrogen (secondary N) is 1. The molecular weight excluding hydrogens is 761 g/mol. The Morgan fingerprint density at radius 2 is 1.40 bits per heavy atom. The monoisotopic (exact) mass is 804 g/mol. The van der Waals surface area contributed by atoms with Crippen LogP contribution in [0, 0.1) is 0 Å². The third-order valence-electron chi connectivity index (χ3n) is 11.6. The van der Waals surface area contributed by atoms with Gasteiger partial charge in [-0.25, -0.2) is 0 Å². The highest BCUT2D eigenvalue weighted by Gasteiger charge is 2.53. The molecule has 1 aliphatic heterocycles. The summed E-state index contributed by atoms with van der Waals surface area (Å²) < 4.78 is 18.2. The van der Waals surface area contributed by atoms with Crippen molar-refractivity contribution in [2.45, 2.75) is 62.4 Å². The van der Waals surface area contributed by atoms with E-state index in [9.17, 15) is 39.9 Å². The zero-order chi connectivity index (χ0) is 40.9. The van der Waals surface area contributed by atoms with Crippen molar-refractivity contribution in [1.29, 1.82) is 0 Å². The zero-order valence-corrected chi connectivity index (χ0v) is 32.6. The molecule has 0 amide bonds. The summed E-state index contributed by atoms with van der Waals surface area (Å²) in [6.07, 6.45) is -5.45. The maximum Gasteiger partial charge on any atom is 0.202 e.